The smallest absolute Gasteiger partial charge is 0.217 e. The summed E-state index contributed by atoms with van der Waals surface area (Å²) in [4.78, 5) is 14.5. The van der Waals surface area contributed by atoms with Gasteiger partial charge in [-0.2, -0.15) is 5.26 Å². The average Bonchev–Trinajstić information content (AvgIpc) is 2.15. The Morgan fingerprint density at radius 2 is 2.46 bits per heavy atom. The first kappa shape index (κ1) is 9.20. The minimum atomic E-state index is -0.0915. The van der Waals surface area contributed by atoms with Crippen LogP contribution in [0.1, 0.15) is 18.2 Å². The Morgan fingerprint density at radius 3 is 2.92 bits per heavy atom. The summed E-state index contributed by atoms with van der Waals surface area (Å²) in [6.07, 6.45) is 1.48. The first-order valence-corrected chi connectivity index (χ1v) is 3.82. The van der Waals surface area contributed by atoms with Crippen LogP contribution in [0.4, 0.5) is 0 Å². The zero-order valence-corrected chi connectivity index (χ0v) is 7.24. The van der Waals surface area contributed by atoms with Gasteiger partial charge in [0.1, 0.15) is 6.07 Å². The molecule has 1 aromatic rings. The quantitative estimate of drug-likeness (QED) is 0.715. The van der Waals surface area contributed by atoms with Gasteiger partial charge in [-0.1, -0.05) is 0 Å². The Balaban J connectivity index is 2.60. The van der Waals surface area contributed by atoms with Crippen molar-refractivity contribution in [2.24, 2.45) is 0 Å². The molecule has 4 heteroatoms. The van der Waals surface area contributed by atoms with E-state index in [4.69, 9.17) is 5.26 Å². The second-order valence-corrected chi connectivity index (χ2v) is 2.56. The number of pyridine rings is 1. The van der Waals surface area contributed by atoms with Crippen molar-refractivity contribution in [2.75, 3.05) is 0 Å². The van der Waals surface area contributed by atoms with Gasteiger partial charge in [0.15, 0.2) is 0 Å². The van der Waals surface area contributed by atoms with Crippen LogP contribution in [0, 0.1) is 11.3 Å². The molecule has 0 atom stereocenters. The predicted molar refractivity (Wildman–Crippen MR) is 46.5 cm³/mol. The van der Waals surface area contributed by atoms with Crippen LogP contribution < -0.4 is 5.32 Å². The third-order valence-corrected chi connectivity index (χ3v) is 1.47. The summed E-state index contributed by atoms with van der Waals surface area (Å²) in [5.74, 6) is -0.0915. The lowest BCUT2D eigenvalue weighted by molar-refractivity contribution is -0.119. The number of aromatic nitrogens is 1. The number of hydrogen-bond donors (Lipinski definition) is 1. The maximum absolute atomic E-state index is 10.5. The van der Waals surface area contributed by atoms with E-state index in [1.165, 1.54) is 13.1 Å². The minimum absolute atomic E-state index is 0.0915. The van der Waals surface area contributed by atoms with E-state index in [9.17, 15) is 4.79 Å². The fourth-order valence-corrected chi connectivity index (χ4v) is 0.810. The molecule has 0 aromatic carbocycles. The molecule has 1 amide bonds. The lowest BCUT2D eigenvalue weighted by Gasteiger charge is -2.00. The van der Waals surface area contributed by atoms with Crippen molar-refractivity contribution >= 4 is 5.91 Å². The number of nitrogens with one attached hydrogen (secondary N) is 1. The SMILES string of the molecule is CC(=O)NCc1ccc(C#N)cn1. The summed E-state index contributed by atoms with van der Waals surface area (Å²) in [6, 6.07) is 5.36. The first-order valence-electron chi connectivity index (χ1n) is 3.82. The molecule has 0 aliphatic carbocycles. The summed E-state index contributed by atoms with van der Waals surface area (Å²) in [5.41, 5.74) is 1.26. The van der Waals surface area contributed by atoms with Gasteiger partial charge in [-0.05, 0) is 12.1 Å². The molecule has 0 saturated carbocycles. The molecule has 13 heavy (non-hydrogen) atoms. The van der Waals surface area contributed by atoms with E-state index >= 15 is 0 Å². The van der Waals surface area contributed by atoms with Gasteiger partial charge in [-0.15, -0.1) is 0 Å². The summed E-state index contributed by atoms with van der Waals surface area (Å²) in [5, 5.41) is 11.1. The number of carbonyl (C=O) groups excluding carboxylic acids is 1. The van der Waals surface area contributed by atoms with Crippen LogP contribution >= 0.6 is 0 Å². The summed E-state index contributed by atoms with van der Waals surface area (Å²) >= 11 is 0. The van der Waals surface area contributed by atoms with Crippen LogP contribution in [0.3, 0.4) is 0 Å². The van der Waals surface area contributed by atoms with Gasteiger partial charge in [0, 0.05) is 13.1 Å². The molecule has 0 bridgehead atoms. The maximum Gasteiger partial charge on any atom is 0.217 e. The highest BCUT2D eigenvalue weighted by Crippen LogP contribution is 1.97. The Kier molecular flexibility index (Phi) is 2.98. The van der Waals surface area contributed by atoms with Crippen LogP contribution in [0.5, 0.6) is 0 Å². The van der Waals surface area contributed by atoms with E-state index < -0.39 is 0 Å². The second kappa shape index (κ2) is 4.21. The molecule has 0 radical (unpaired) electrons. The number of carbonyl (C=O) groups is 1. The Bertz CT molecular complexity index is 337. The zero-order chi connectivity index (χ0) is 9.68. The fraction of sp³-hybridized carbons (Fsp3) is 0.222. The van der Waals surface area contributed by atoms with Crippen LogP contribution in [-0.4, -0.2) is 10.9 Å². The number of nitrogens with zero attached hydrogens (tertiary/aromatic N) is 2. The average molecular weight is 175 g/mol. The molecule has 1 rings (SSSR count). The van der Waals surface area contributed by atoms with E-state index in [-0.39, 0.29) is 5.91 Å². The van der Waals surface area contributed by atoms with Crippen molar-refractivity contribution in [1.29, 1.82) is 5.26 Å². The van der Waals surface area contributed by atoms with E-state index in [0.717, 1.165) is 5.69 Å². The third-order valence-electron chi connectivity index (χ3n) is 1.47. The van der Waals surface area contributed by atoms with Gasteiger partial charge in [0.25, 0.3) is 0 Å². The highest BCUT2D eigenvalue weighted by molar-refractivity contribution is 5.72. The molecule has 66 valence electrons. The molecular weight excluding hydrogens is 166 g/mol. The Hall–Kier alpha value is -1.89. The molecule has 0 aliphatic heterocycles. The van der Waals surface area contributed by atoms with E-state index in [1.54, 1.807) is 12.1 Å². The molecule has 4 nitrogen and oxygen atoms in total. The van der Waals surface area contributed by atoms with E-state index in [0.29, 0.717) is 12.1 Å². The van der Waals surface area contributed by atoms with Gasteiger partial charge in [0.05, 0.1) is 17.8 Å². The molecular formula is C9H9N3O. The monoisotopic (exact) mass is 175 g/mol. The summed E-state index contributed by atoms with van der Waals surface area (Å²) in [6.45, 7) is 1.85. The lowest BCUT2D eigenvalue weighted by atomic mass is 10.2. The van der Waals surface area contributed by atoms with Crippen LogP contribution in [0.25, 0.3) is 0 Å². The predicted octanol–water partition coefficient (Wildman–Crippen LogP) is 0.589. The molecule has 0 saturated heterocycles. The van der Waals surface area contributed by atoms with Gasteiger partial charge in [0.2, 0.25) is 5.91 Å². The van der Waals surface area contributed by atoms with Crippen LogP contribution in [-0.2, 0) is 11.3 Å². The van der Waals surface area contributed by atoms with Gasteiger partial charge in [-0.25, -0.2) is 0 Å². The van der Waals surface area contributed by atoms with Crippen molar-refractivity contribution in [3.05, 3.63) is 29.6 Å². The number of amides is 1. The fourth-order valence-electron chi connectivity index (χ4n) is 0.810. The van der Waals surface area contributed by atoms with E-state index in [1.807, 2.05) is 6.07 Å². The van der Waals surface area contributed by atoms with Crippen molar-refractivity contribution in [3.63, 3.8) is 0 Å². The summed E-state index contributed by atoms with van der Waals surface area (Å²) in [7, 11) is 0. The zero-order valence-electron chi connectivity index (χ0n) is 7.24. The lowest BCUT2D eigenvalue weighted by Crippen LogP contribution is -2.19. The number of hydrogen-bond acceptors (Lipinski definition) is 3. The largest absolute Gasteiger partial charge is 0.351 e. The third kappa shape index (κ3) is 2.91. The van der Waals surface area contributed by atoms with Crippen molar-refractivity contribution < 1.29 is 4.79 Å². The van der Waals surface area contributed by atoms with Crippen molar-refractivity contribution in [2.45, 2.75) is 13.5 Å². The standard InChI is InChI=1S/C9H9N3O/c1-7(13)11-6-9-3-2-8(4-10)5-12-9/h2-3,5H,6H2,1H3,(H,11,13). The molecule has 0 unspecified atom stereocenters. The van der Waals surface area contributed by atoms with Gasteiger partial charge >= 0.3 is 0 Å². The van der Waals surface area contributed by atoms with Crippen LogP contribution in [0.2, 0.25) is 0 Å². The first-order chi connectivity index (χ1) is 6.22. The molecule has 0 aliphatic rings. The molecule has 0 fully saturated rings. The van der Waals surface area contributed by atoms with Crippen LogP contribution in [0.15, 0.2) is 18.3 Å². The molecule has 1 heterocycles. The topological polar surface area (TPSA) is 65.8 Å². The van der Waals surface area contributed by atoms with E-state index in [2.05, 4.69) is 10.3 Å². The van der Waals surface area contributed by atoms with Crippen molar-refractivity contribution in [1.82, 2.24) is 10.3 Å². The number of rotatable bonds is 2. The minimum Gasteiger partial charge on any atom is -0.351 e. The Labute approximate surface area is 76.2 Å². The maximum atomic E-state index is 10.5. The normalized spacial score (nSPS) is 8.92. The van der Waals surface area contributed by atoms with Crippen molar-refractivity contribution in [3.8, 4) is 6.07 Å². The Morgan fingerprint density at radius 1 is 1.69 bits per heavy atom. The second-order valence-electron chi connectivity index (χ2n) is 2.56. The highest BCUT2D eigenvalue weighted by atomic mass is 16.1. The molecule has 0 spiro atoms. The van der Waals surface area contributed by atoms with Gasteiger partial charge < -0.3 is 5.32 Å². The summed E-state index contributed by atoms with van der Waals surface area (Å²) < 4.78 is 0. The number of nitriles is 1. The molecule has 1 N–H and O–H groups in total. The highest BCUT2D eigenvalue weighted by Gasteiger charge is 1.95. The molecule has 1 aromatic heterocycles. The van der Waals surface area contributed by atoms with Gasteiger partial charge in [-0.3, -0.25) is 9.78 Å².